The highest BCUT2D eigenvalue weighted by Crippen LogP contribution is 2.31. The van der Waals surface area contributed by atoms with E-state index in [0.717, 1.165) is 48.6 Å². The van der Waals surface area contributed by atoms with Crippen LogP contribution >= 0.6 is 23.1 Å². The summed E-state index contributed by atoms with van der Waals surface area (Å²) in [5.74, 6) is 1.98. The molecule has 0 saturated carbocycles. The van der Waals surface area contributed by atoms with Gasteiger partial charge in [-0.3, -0.25) is 9.69 Å². The summed E-state index contributed by atoms with van der Waals surface area (Å²) in [5.41, 5.74) is 7.95. The van der Waals surface area contributed by atoms with Gasteiger partial charge in [0.2, 0.25) is 11.0 Å². The Labute approximate surface area is 173 Å². The summed E-state index contributed by atoms with van der Waals surface area (Å²) < 4.78 is 11.5. The van der Waals surface area contributed by atoms with Crippen molar-refractivity contribution in [3.63, 3.8) is 0 Å². The van der Waals surface area contributed by atoms with E-state index in [1.165, 1.54) is 34.2 Å². The number of rotatable bonds is 7. The number of nitrogens with zero attached hydrogens (tertiary/aromatic N) is 4. The number of carbonyl (C=O) groups is 1. The summed E-state index contributed by atoms with van der Waals surface area (Å²) in [5, 5.41) is 8.12. The minimum absolute atomic E-state index is 0.126. The Morgan fingerprint density at radius 1 is 1.18 bits per heavy atom. The minimum Gasteiger partial charge on any atom is -0.493 e. The Bertz CT molecular complexity index is 822. The molecule has 0 aliphatic carbocycles. The maximum atomic E-state index is 12.4. The first-order valence-electron chi connectivity index (χ1n) is 8.93. The van der Waals surface area contributed by atoms with Gasteiger partial charge in [-0.05, 0) is 30.2 Å². The predicted octanol–water partition coefficient (Wildman–Crippen LogP) is 1.88. The van der Waals surface area contributed by atoms with Gasteiger partial charge in [0.1, 0.15) is 0 Å². The molecule has 10 heteroatoms. The first-order valence-corrected chi connectivity index (χ1v) is 10.7. The number of carbonyl (C=O) groups excluding carboxylic acids is 1. The minimum atomic E-state index is 0.126. The summed E-state index contributed by atoms with van der Waals surface area (Å²) in [4.78, 5) is 16.7. The van der Waals surface area contributed by atoms with E-state index in [9.17, 15) is 4.79 Å². The lowest BCUT2D eigenvalue weighted by atomic mass is 10.1. The average Bonchev–Trinajstić information content (AvgIpc) is 3.13. The number of methoxy groups -OCH3 is 2. The van der Waals surface area contributed by atoms with E-state index >= 15 is 0 Å². The van der Waals surface area contributed by atoms with Crippen LogP contribution in [0.15, 0.2) is 16.5 Å². The van der Waals surface area contributed by atoms with Gasteiger partial charge < -0.3 is 20.1 Å². The fourth-order valence-corrected chi connectivity index (χ4v) is 4.62. The average molecular weight is 424 g/mol. The van der Waals surface area contributed by atoms with Crippen molar-refractivity contribution < 1.29 is 14.3 Å². The largest absolute Gasteiger partial charge is 0.493 e. The van der Waals surface area contributed by atoms with E-state index in [4.69, 9.17) is 15.2 Å². The molecule has 0 unspecified atom stereocenters. The third-order valence-corrected chi connectivity index (χ3v) is 6.57. The molecule has 1 aliphatic rings. The zero-order chi connectivity index (χ0) is 20.1. The van der Waals surface area contributed by atoms with Gasteiger partial charge in [0, 0.05) is 32.7 Å². The van der Waals surface area contributed by atoms with Gasteiger partial charge in [0.15, 0.2) is 15.8 Å². The number of ether oxygens (including phenoxy) is 2. The number of nitrogens with two attached hydrogens (primary N) is 1. The van der Waals surface area contributed by atoms with Crippen molar-refractivity contribution in [2.24, 2.45) is 0 Å². The van der Waals surface area contributed by atoms with Crippen LogP contribution in [0.2, 0.25) is 0 Å². The lowest BCUT2D eigenvalue weighted by Crippen LogP contribution is -2.48. The van der Waals surface area contributed by atoms with Crippen molar-refractivity contribution in [1.82, 2.24) is 20.0 Å². The molecule has 2 aromatic rings. The van der Waals surface area contributed by atoms with Gasteiger partial charge in [-0.1, -0.05) is 23.1 Å². The van der Waals surface area contributed by atoms with Gasteiger partial charge in [0.05, 0.1) is 20.0 Å². The molecule has 1 amide bonds. The molecule has 152 valence electrons. The summed E-state index contributed by atoms with van der Waals surface area (Å²) in [6.07, 6.45) is 0. The molecule has 8 nitrogen and oxygen atoms in total. The molecule has 0 atom stereocenters. The van der Waals surface area contributed by atoms with Crippen molar-refractivity contribution in [1.29, 1.82) is 0 Å². The Balaban J connectivity index is 1.50. The molecule has 1 fully saturated rings. The van der Waals surface area contributed by atoms with E-state index in [-0.39, 0.29) is 5.91 Å². The van der Waals surface area contributed by atoms with E-state index < -0.39 is 0 Å². The molecular weight excluding hydrogens is 398 g/mol. The van der Waals surface area contributed by atoms with Gasteiger partial charge in [-0.15, -0.1) is 10.2 Å². The van der Waals surface area contributed by atoms with Crippen molar-refractivity contribution in [3.05, 3.63) is 23.3 Å². The SMILES string of the molecule is COc1cc(C)c(CN2CCN(C(=O)CSc3nnc(N)s3)CC2)cc1OC. The quantitative estimate of drug-likeness (QED) is 0.675. The topological polar surface area (TPSA) is 93.8 Å². The van der Waals surface area contributed by atoms with Crippen LogP contribution in [-0.4, -0.2) is 72.1 Å². The fourth-order valence-electron chi connectivity index (χ4n) is 3.08. The highest BCUT2D eigenvalue weighted by Gasteiger charge is 2.22. The molecule has 2 N–H and O–H groups in total. The first-order chi connectivity index (χ1) is 13.5. The van der Waals surface area contributed by atoms with Crippen LogP contribution in [-0.2, 0) is 11.3 Å². The normalized spacial score (nSPS) is 14.9. The number of hydrogen-bond donors (Lipinski definition) is 1. The van der Waals surface area contributed by atoms with Crippen molar-refractivity contribution >= 4 is 34.1 Å². The number of amides is 1. The highest BCUT2D eigenvalue weighted by molar-refractivity contribution is 8.01. The standard InChI is InChI=1S/C18H25N5O3S2/c1-12-8-14(25-2)15(26-3)9-13(12)10-22-4-6-23(7-5-22)16(24)11-27-18-21-20-17(19)28-18/h8-9H,4-7,10-11H2,1-3H3,(H2,19,20). The third-order valence-electron chi connectivity index (χ3n) is 4.70. The Morgan fingerprint density at radius 2 is 1.86 bits per heavy atom. The summed E-state index contributed by atoms with van der Waals surface area (Å²) in [7, 11) is 3.29. The molecule has 0 spiro atoms. The number of aromatic nitrogens is 2. The second kappa shape index (κ2) is 9.44. The summed E-state index contributed by atoms with van der Waals surface area (Å²) in [6, 6.07) is 4.04. The number of benzene rings is 1. The smallest absolute Gasteiger partial charge is 0.233 e. The second-order valence-electron chi connectivity index (χ2n) is 6.49. The molecule has 2 heterocycles. The van der Waals surface area contributed by atoms with E-state index in [1.54, 1.807) is 14.2 Å². The molecule has 3 rings (SSSR count). The predicted molar refractivity (Wildman–Crippen MR) is 111 cm³/mol. The van der Waals surface area contributed by atoms with Crippen LogP contribution < -0.4 is 15.2 Å². The number of nitrogen functional groups attached to an aromatic ring is 1. The Hall–Kier alpha value is -2.04. The van der Waals surface area contributed by atoms with Crippen LogP contribution in [0.3, 0.4) is 0 Å². The molecule has 0 radical (unpaired) electrons. The molecule has 1 aromatic carbocycles. The Morgan fingerprint density at radius 3 is 2.46 bits per heavy atom. The van der Waals surface area contributed by atoms with Crippen molar-refractivity contribution in [2.75, 3.05) is 51.9 Å². The molecule has 1 aromatic heterocycles. The van der Waals surface area contributed by atoms with Crippen molar-refractivity contribution in [3.8, 4) is 11.5 Å². The maximum Gasteiger partial charge on any atom is 0.233 e. The maximum absolute atomic E-state index is 12.4. The zero-order valence-corrected chi connectivity index (χ0v) is 17.9. The second-order valence-corrected chi connectivity index (χ2v) is 8.72. The zero-order valence-electron chi connectivity index (χ0n) is 16.3. The van der Waals surface area contributed by atoms with E-state index in [0.29, 0.717) is 10.9 Å². The van der Waals surface area contributed by atoms with Gasteiger partial charge in [-0.2, -0.15) is 0 Å². The highest BCUT2D eigenvalue weighted by atomic mass is 32.2. The van der Waals surface area contributed by atoms with Crippen LogP contribution in [0.25, 0.3) is 0 Å². The van der Waals surface area contributed by atoms with Crippen LogP contribution in [0.1, 0.15) is 11.1 Å². The third kappa shape index (κ3) is 5.06. The van der Waals surface area contributed by atoms with Crippen LogP contribution in [0.4, 0.5) is 5.13 Å². The van der Waals surface area contributed by atoms with Crippen LogP contribution in [0, 0.1) is 6.92 Å². The Kier molecular flexibility index (Phi) is 6.97. The lowest BCUT2D eigenvalue weighted by Gasteiger charge is -2.35. The number of piperazine rings is 1. The number of aryl methyl sites for hydroxylation is 1. The van der Waals surface area contributed by atoms with Gasteiger partial charge in [-0.25, -0.2) is 0 Å². The lowest BCUT2D eigenvalue weighted by molar-refractivity contribution is -0.130. The first kappa shape index (κ1) is 20.7. The molecule has 1 saturated heterocycles. The molecule has 1 aliphatic heterocycles. The molecule has 28 heavy (non-hydrogen) atoms. The van der Waals surface area contributed by atoms with E-state index in [1.807, 2.05) is 17.0 Å². The monoisotopic (exact) mass is 423 g/mol. The number of thioether (sulfide) groups is 1. The van der Waals surface area contributed by atoms with E-state index in [2.05, 4.69) is 22.0 Å². The van der Waals surface area contributed by atoms with Gasteiger partial charge >= 0.3 is 0 Å². The molecule has 0 bridgehead atoms. The van der Waals surface area contributed by atoms with Crippen molar-refractivity contribution in [2.45, 2.75) is 17.8 Å². The summed E-state index contributed by atoms with van der Waals surface area (Å²) in [6.45, 7) is 6.04. The molecular formula is C18H25N5O3S2. The van der Waals surface area contributed by atoms with Gasteiger partial charge in [0.25, 0.3) is 0 Å². The van der Waals surface area contributed by atoms with Crippen LogP contribution in [0.5, 0.6) is 11.5 Å². The number of hydrogen-bond acceptors (Lipinski definition) is 9. The number of anilines is 1. The fraction of sp³-hybridized carbons (Fsp3) is 0.500. The summed E-state index contributed by atoms with van der Waals surface area (Å²) >= 11 is 2.70.